The molecule has 0 aromatic rings. The lowest BCUT2D eigenvalue weighted by molar-refractivity contribution is 0.0510. The minimum Gasteiger partial charge on any atom is -0.295 e. The maximum atomic E-state index is 2.85. The molecule has 15 heavy (non-hydrogen) atoms. The summed E-state index contributed by atoms with van der Waals surface area (Å²) in [6.07, 6.45) is 7.20. The lowest BCUT2D eigenvalue weighted by Gasteiger charge is -2.43. The molecule has 0 radical (unpaired) electrons. The van der Waals surface area contributed by atoms with Crippen molar-refractivity contribution >= 4 is 0 Å². The van der Waals surface area contributed by atoms with Crippen LogP contribution < -0.4 is 0 Å². The SMILES string of the molecule is CCC(C)N1C2CCC1CC(C(C)C)C2. The van der Waals surface area contributed by atoms with E-state index in [9.17, 15) is 0 Å². The molecule has 3 atom stereocenters. The van der Waals surface area contributed by atoms with E-state index in [1.54, 1.807) is 0 Å². The highest BCUT2D eigenvalue weighted by Crippen LogP contribution is 2.42. The van der Waals surface area contributed by atoms with Gasteiger partial charge in [0.15, 0.2) is 0 Å². The van der Waals surface area contributed by atoms with Crippen LogP contribution in [0.15, 0.2) is 0 Å². The van der Waals surface area contributed by atoms with Gasteiger partial charge in [-0.05, 0) is 50.9 Å². The number of nitrogens with zero attached hydrogens (tertiary/aromatic N) is 1. The molecule has 2 fully saturated rings. The average molecular weight is 209 g/mol. The number of hydrogen-bond acceptors (Lipinski definition) is 1. The van der Waals surface area contributed by atoms with Gasteiger partial charge in [0.05, 0.1) is 0 Å². The van der Waals surface area contributed by atoms with E-state index in [-0.39, 0.29) is 0 Å². The smallest absolute Gasteiger partial charge is 0.0104 e. The minimum absolute atomic E-state index is 0.815. The molecule has 2 bridgehead atoms. The second kappa shape index (κ2) is 4.45. The van der Waals surface area contributed by atoms with E-state index in [0.717, 1.165) is 30.0 Å². The fourth-order valence-corrected chi connectivity index (χ4v) is 3.73. The highest BCUT2D eigenvalue weighted by atomic mass is 15.2. The third kappa shape index (κ3) is 2.08. The van der Waals surface area contributed by atoms with Crippen molar-refractivity contribution in [3.63, 3.8) is 0 Å². The molecule has 0 spiro atoms. The third-order valence-electron chi connectivity index (χ3n) is 4.87. The van der Waals surface area contributed by atoms with E-state index in [2.05, 4.69) is 32.6 Å². The largest absolute Gasteiger partial charge is 0.295 e. The Kier molecular flexibility index (Phi) is 3.39. The molecule has 3 unspecified atom stereocenters. The summed E-state index contributed by atoms with van der Waals surface area (Å²) in [5, 5.41) is 0. The summed E-state index contributed by atoms with van der Waals surface area (Å²) in [6, 6.07) is 2.66. The summed E-state index contributed by atoms with van der Waals surface area (Å²) >= 11 is 0. The molecule has 0 aromatic carbocycles. The van der Waals surface area contributed by atoms with Crippen LogP contribution in [0.5, 0.6) is 0 Å². The first-order valence-electron chi connectivity index (χ1n) is 6.90. The summed E-state index contributed by atoms with van der Waals surface area (Å²) in [4.78, 5) is 2.85. The average Bonchev–Trinajstić information content (AvgIpc) is 2.47. The summed E-state index contributed by atoms with van der Waals surface area (Å²) < 4.78 is 0. The highest BCUT2D eigenvalue weighted by Gasteiger charge is 2.42. The van der Waals surface area contributed by atoms with Gasteiger partial charge in [-0.3, -0.25) is 4.90 Å². The van der Waals surface area contributed by atoms with Gasteiger partial charge in [-0.1, -0.05) is 20.8 Å². The highest BCUT2D eigenvalue weighted by molar-refractivity contribution is 4.97. The first-order chi connectivity index (χ1) is 7.13. The molecule has 2 saturated heterocycles. The van der Waals surface area contributed by atoms with E-state index < -0.39 is 0 Å². The molecular weight excluding hydrogens is 182 g/mol. The van der Waals surface area contributed by atoms with Crippen molar-refractivity contribution in [1.82, 2.24) is 4.90 Å². The molecule has 2 aliphatic heterocycles. The van der Waals surface area contributed by atoms with Crippen molar-refractivity contribution in [1.29, 1.82) is 0 Å². The second-order valence-corrected chi connectivity index (χ2v) is 6.06. The Morgan fingerprint density at radius 2 is 1.60 bits per heavy atom. The van der Waals surface area contributed by atoms with Crippen molar-refractivity contribution in [3.8, 4) is 0 Å². The van der Waals surface area contributed by atoms with E-state index in [0.29, 0.717) is 0 Å². The fraction of sp³-hybridized carbons (Fsp3) is 1.00. The van der Waals surface area contributed by atoms with Crippen LogP contribution in [0.4, 0.5) is 0 Å². The third-order valence-corrected chi connectivity index (χ3v) is 4.87. The Hall–Kier alpha value is -0.0400. The Morgan fingerprint density at radius 3 is 2.00 bits per heavy atom. The van der Waals surface area contributed by atoms with Gasteiger partial charge in [0.25, 0.3) is 0 Å². The fourth-order valence-electron chi connectivity index (χ4n) is 3.73. The predicted octanol–water partition coefficient (Wildman–Crippen LogP) is 3.68. The molecule has 2 rings (SSSR count). The van der Waals surface area contributed by atoms with Crippen LogP contribution >= 0.6 is 0 Å². The second-order valence-electron chi connectivity index (χ2n) is 6.06. The maximum absolute atomic E-state index is 2.85. The monoisotopic (exact) mass is 209 g/mol. The lowest BCUT2D eigenvalue weighted by Crippen LogP contribution is -2.48. The van der Waals surface area contributed by atoms with E-state index in [4.69, 9.17) is 0 Å². The number of fused-ring (bicyclic) bond motifs is 2. The number of rotatable bonds is 3. The van der Waals surface area contributed by atoms with E-state index >= 15 is 0 Å². The van der Waals surface area contributed by atoms with E-state index in [1.807, 2.05) is 0 Å². The van der Waals surface area contributed by atoms with Crippen LogP contribution in [-0.2, 0) is 0 Å². The van der Waals surface area contributed by atoms with Gasteiger partial charge < -0.3 is 0 Å². The molecular formula is C14H27N. The number of piperidine rings is 1. The summed E-state index contributed by atoms with van der Waals surface area (Å²) in [6.45, 7) is 9.56. The first-order valence-corrected chi connectivity index (χ1v) is 6.90. The minimum atomic E-state index is 0.815. The molecule has 2 heterocycles. The van der Waals surface area contributed by atoms with E-state index in [1.165, 1.54) is 32.1 Å². The Bertz CT molecular complexity index is 197. The van der Waals surface area contributed by atoms with Crippen molar-refractivity contribution in [3.05, 3.63) is 0 Å². The summed E-state index contributed by atoms with van der Waals surface area (Å²) in [7, 11) is 0. The zero-order valence-electron chi connectivity index (χ0n) is 10.9. The molecule has 2 aliphatic rings. The molecule has 88 valence electrons. The zero-order valence-corrected chi connectivity index (χ0v) is 10.9. The zero-order chi connectivity index (χ0) is 11.0. The van der Waals surface area contributed by atoms with Crippen molar-refractivity contribution in [2.45, 2.75) is 77.9 Å². The van der Waals surface area contributed by atoms with Gasteiger partial charge in [-0.15, -0.1) is 0 Å². The Morgan fingerprint density at radius 1 is 1.07 bits per heavy atom. The molecule has 0 N–H and O–H groups in total. The van der Waals surface area contributed by atoms with Gasteiger partial charge in [0.2, 0.25) is 0 Å². The molecule has 0 aromatic heterocycles. The van der Waals surface area contributed by atoms with Crippen LogP contribution in [0.1, 0.15) is 59.8 Å². The van der Waals surface area contributed by atoms with Crippen LogP contribution in [0.25, 0.3) is 0 Å². The molecule has 1 nitrogen and oxygen atoms in total. The van der Waals surface area contributed by atoms with Gasteiger partial charge >= 0.3 is 0 Å². The standard InChI is InChI=1S/C14H27N/c1-5-11(4)15-13-6-7-14(15)9-12(8-13)10(2)3/h10-14H,5-9H2,1-4H3. The topological polar surface area (TPSA) is 3.24 Å². The van der Waals surface area contributed by atoms with Crippen LogP contribution in [0, 0.1) is 11.8 Å². The summed E-state index contributed by atoms with van der Waals surface area (Å²) in [5.74, 6) is 1.90. The van der Waals surface area contributed by atoms with Gasteiger partial charge in [0, 0.05) is 18.1 Å². The molecule has 0 saturated carbocycles. The predicted molar refractivity (Wildman–Crippen MR) is 66.0 cm³/mol. The van der Waals surface area contributed by atoms with Crippen molar-refractivity contribution < 1.29 is 0 Å². The molecule has 1 heteroatoms. The normalized spacial score (nSPS) is 38.6. The first kappa shape index (κ1) is 11.4. The Labute approximate surface area is 95.2 Å². The Balaban J connectivity index is 2.03. The van der Waals surface area contributed by atoms with Crippen LogP contribution in [0.2, 0.25) is 0 Å². The number of hydrogen-bond donors (Lipinski definition) is 0. The van der Waals surface area contributed by atoms with Gasteiger partial charge in [-0.2, -0.15) is 0 Å². The quantitative estimate of drug-likeness (QED) is 0.685. The van der Waals surface area contributed by atoms with Crippen LogP contribution in [0.3, 0.4) is 0 Å². The maximum Gasteiger partial charge on any atom is 0.0104 e. The van der Waals surface area contributed by atoms with Crippen molar-refractivity contribution in [2.75, 3.05) is 0 Å². The van der Waals surface area contributed by atoms with Crippen molar-refractivity contribution in [2.24, 2.45) is 11.8 Å². The lowest BCUT2D eigenvalue weighted by atomic mass is 9.82. The van der Waals surface area contributed by atoms with Crippen LogP contribution in [-0.4, -0.2) is 23.0 Å². The van der Waals surface area contributed by atoms with Gasteiger partial charge in [-0.25, -0.2) is 0 Å². The van der Waals surface area contributed by atoms with Gasteiger partial charge in [0.1, 0.15) is 0 Å². The molecule has 0 aliphatic carbocycles. The summed E-state index contributed by atoms with van der Waals surface area (Å²) in [5.41, 5.74) is 0. The molecule has 0 amide bonds.